The second-order valence-corrected chi connectivity index (χ2v) is 5.18. The van der Waals surface area contributed by atoms with E-state index in [2.05, 4.69) is 0 Å². The van der Waals surface area contributed by atoms with Gasteiger partial charge in [0.1, 0.15) is 17.3 Å². The van der Waals surface area contributed by atoms with Crippen molar-refractivity contribution in [1.29, 1.82) is 0 Å². The quantitative estimate of drug-likeness (QED) is 0.640. The van der Waals surface area contributed by atoms with Crippen molar-refractivity contribution in [3.63, 3.8) is 0 Å². The van der Waals surface area contributed by atoms with Gasteiger partial charge in [-0.3, -0.25) is 9.59 Å². The van der Waals surface area contributed by atoms with E-state index in [4.69, 9.17) is 0 Å². The molecular formula is C16H20O4. The van der Waals surface area contributed by atoms with Gasteiger partial charge in [-0.25, -0.2) is 0 Å². The lowest BCUT2D eigenvalue weighted by atomic mass is 9.90. The molecule has 0 aromatic heterocycles. The number of ketones is 1. The molecule has 0 spiro atoms. The average Bonchev–Trinajstić information content (AvgIpc) is 2.35. The van der Waals surface area contributed by atoms with Crippen molar-refractivity contribution < 1.29 is 19.8 Å². The van der Waals surface area contributed by atoms with Gasteiger partial charge in [0.05, 0.1) is 5.56 Å². The Morgan fingerprint density at radius 1 is 1.10 bits per heavy atom. The van der Waals surface area contributed by atoms with Gasteiger partial charge in [-0.2, -0.15) is 0 Å². The Kier molecular flexibility index (Phi) is 5.08. The maximum atomic E-state index is 11.4. The maximum Gasteiger partial charge on any atom is 0.154 e. The summed E-state index contributed by atoms with van der Waals surface area (Å²) in [7, 11) is 0. The molecule has 0 radical (unpaired) electrons. The Balaban J connectivity index is 3.59. The number of carbonyl (C=O) groups excluding carboxylic acids is 2. The summed E-state index contributed by atoms with van der Waals surface area (Å²) in [5, 5.41) is 20.1. The van der Waals surface area contributed by atoms with Gasteiger partial charge < -0.3 is 10.2 Å². The maximum absolute atomic E-state index is 11.4. The molecule has 0 atom stereocenters. The fraction of sp³-hybridized carbons (Fsp3) is 0.375. The number of phenolic OH excluding ortho intramolecular Hbond substituents is 2. The highest BCUT2D eigenvalue weighted by atomic mass is 16.3. The van der Waals surface area contributed by atoms with Crippen molar-refractivity contribution in [2.24, 2.45) is 0 Å². The van der Waals surface area contributed by atoms with Crippen LogP contribution in [0.1, 0.15) is 47.8 Å². The minimum atomic E-state index is -0.255. The smallest absolute Gasteiger partial charge is 0.154 e. The lowest BCUT2D eigenvalue weighted by molar-refractivity contribution is -0.116. The Hall–Kier alpha value is -2.10. The largest absolute Gasteiger partial charge is 0.507 e. The molecule has 0 saturated heterocycles. The van der Waals surface area contributed by atoms with Crippen LogP contribution in [0.4, 0.5) is 0 Å². The SMILES string of the molecule is CC(=O)Cc1c(C=O)c(O)c(C)c(O)c1CC=C(C)C. The Morgan fingerprint density at radius 2 is 1.70 bits per heavy atom. The number of phenols is 2. The third-order valence-corrected chi connectivity index (χ3v) is 3.20. The molecule has 0 aliphatic heterocycles. The van der Waals surface area contributed by atoms with Crippen molar-refractivity contribution in [2.45, 2.75) is 40.5 Å². The Bertz CT molecular complexity index is 579. The molecule has 0 heterocycles. The first-order valence-electron chi connectivity index (χ1n) is 6.43. The van der Waals surface area contributed by atoms with E-state index in [0.717, 1.165) is 5.57 Å². The van der Waals surface area contributed by atoms with Gasteiger partial charge in [0.25, 0.3) is 0 Å². The number of rotatable bonds is 5. The van der Waals surface area contributed by atoms with Crippen molar-refractivity contribution in [3.8, 4) is 11.5 Å². The number of Topliss-reactive ketones (excluding diaryl/α,β-unsaturated/α-hetero) is 1. The van der Waals surface area contributed by atoms with Gasteiger partial charge >= 0.3 is 0 Å². The van der Waals surface area contributed by atoms with E-state index in [1.807, 2.05) is 19.9 Å². The van der Waals surface area contributed by atoms with E-state index < -0.39 is 0 Å². The molecule has 0 aliphatic carbocycles. The second-order valence-electron chi connectivity index (χ2n) is 5.18. The fourth-order valence-electron chi connectivity index (χ4n) is 2.09. The standard InChI is InChI=1S/C16H20O4/c1-9(2)5-6-12-13(7-10(3)18)14(8-17)16(20)11(4)15(12)19/h5,8,19-20H,6-7H2,1-4H3. The molecule has 0 amide bonds. The number of allylic oxidation sites excluding steroid dienone is 2. The highest BCUT2D eigenvalue weighted by molar-refractivity contribution is 5.89. The first kappa shape index (κ1) is 16.0. The molecule has 0 unspecified atom stereocenters. The molecule has 20 heavy (non-hydrogen) atoms. The summed E-state index contributed by atoms with van der Waals surface area (Å²) in [5.41, 5.74) is 2.35. The zero-order chi connectivity index (χ0) is 15.4. The summed E-state index contributed by atoms with van der Waals surface area (Å²) >= 11 is 0. The van der Waals surface area contributed by atoms with Gasteiger partial charge in [-0.1, -0.05) is 11.6 Å². The second kappa shape index (κ2) is 6.37. The van der Waals surface area contributed by atoms with E-state index in [-0.39, 0.29) is 34.8 Å². The lowest BCUT2D eigenvalue weighted by Gasteiger charge is -2.16. The molecular weight excluding hydrogens is 256 g/mol. The van der Waals surface area contributed by atoms with Crippen molar-refractivity contribution in [3.05, 3.63) is 33.9 Å². The zero-order valence-corrected chi connectivity index (χ0v) is 12.3. The Labute approximate surface area is 118 Å². The van der Waals surface area contributed by atoms with E-state index >= 15 is 0 Å². The predicted molar refractivity (Wildman–Crippen MR) is 77.4 cm³/mol. The van der Waals surface area contributed by atoms with Crippen LogP contribution in [0, 0.1) is 6.92 Å². The third kappa shape index (κ3) is 3.26. The minimum absolute atomic E-state index is 0.0153. The van der Waals surface area contributed by atoms with Gasteiger partial charge in [0, 0.05) is 17.5 Å². The zero-order valence-electron chi connectivity index (χ0n) is 12.3. The average molecular weight is 276 g/mol. The van der Waals surface area contributed by atoms with Crippen molar-refractivity contribution in [2.75, 3.05) is 0 Å². The molecule has 2 N–H and O–H groups in total. The summed E-state index contributed by atoms with van der Waals surface area (Å²) < 4.78 is 0. The van der Waals surface area contributed by atoms with Crippen LogP contribution < -0.4 is 0 Å². The van der Waals surface area contributed by atoms with Gasteiger partial charge in [0.15, 0.2) is 6.29 Å². The van der Waals surface area contributed by atoms with E-state index in [1.54, 1.807) is 6.92 Å². The van der Waals surface area contributed by atoms with Crippen LogP contribution in [0.25, 0.3) is 0 Å². The normalized spacial score (nSPS) is 10.2. The van der Waals surface area contributed by atoms with Crippen LogP contribution >= 0.6 is 0 Å². The molecule has 0 saturated carbocycles. The molecule has 1 rings (SSSR count). The molecule has 1 aromatic carbocycles. The van der Waals surface area contributed by atoms with Gasteiger partial charge in [0.2, 0.25) is 0 Å². The first-order valence-corrected chi connectivity index (χ1v) is 6.43. The molecule has 108 valence electrons. The van der Waals surface area contributed by atoms with E-state index in [0.29, 0.717) is 23.8 Å². The topological polar surface area (TPSA) is 74.6 Å². The van der Waals surface area contributed by atoms with Crippen molar-refractivity contribution >= 4 is 12.1 Å². The Morgan fingerprint density at radius 3 is 2.15 bits per heavy atom. The van der Waals surface area contributed by atoms with Gasteiger partial charge in [-0.05, 0) is 39.7 Å². The minimum Gasteiger partial charge on any atom is -0.507 e. The fourth-order valence-corrected chi connectivity index (χ4v) is 2.09. The van der Waals surface area contributed by atoms with Crippen LogP contribution in [-0.2, 0) is 17.6 Å². The molecule has 0 bridgehead atoms. The van der Waals surface area contributed by atoms with E-state index in [9.17, 15) is 19.8 Å². The van der Waals surface area contributed by atoms with Crippen LogP contribution in [0.15, 0.2) is 11.6 Å². The molecule has 1 aromatic rings. The molecule has 0 aliphatic rings. The first-order chi connectivity index (χ1) is 9.29. The number of hydrogen-bond donors (Lipinski definition) is 2. The predicted octanol–water partition coefficient (Wildman–Crippen LogP) is 2.86. The van der Waals surface area contributed by atoms with E-state index in [1.165, 1.54) is 6.92 Å². The lowest BCUT2D eigenvalue weighted by Crippen LogP contribution is -2.07. The van der Waals surface area contributed by atoms with Crippen molar-refractivity contribution in [1.82, 2.24) is 0 Å². The molecule has 0 fully saturated rings. The number of benzene rings is 1. The van der Waals surface area contributed by atoms with Crippen LogP contribution in [0.5, 0.6) is 11.5 Å². The van der Waals surface area contributed by atoms with Crippen LogP contribution in [0.3, 0.4) is 0 Å². The highest BCUT2D eigenvalue weighted by Crippen LogP contribution is 2.37. The summed E-state index contributed by atoms with van der Waals surface area (Å²) in [5.74, 6) is -0.439. The number of aromatic hydroxyl groups is 2. The van der Waals surface area contributed by atoms with Crippen LogP contribution in [0.2, 0.25) is 0 Å². The number of hydrogen-bond acceptors (Lipinski definition) is 4. The summed E-state index contributed by atoms with van der Waals surface area (Å²) in [6.07, 6.45) is 2.87. The van der Waals surface area contributed by atoms with Gasteiger partial charge in [-0.15, -0.1) is 0 Å². The summed E-state index contributed by atoms with van der Waals surface area (Å²) in [6.45, 7) is 6.81. The monoisotopic (exact) mass is 276 g/mol. The molecule has 4 heteroatoms. The number of carbonyl (C=O) groups is 2. The van der Waals surface area contributed by atoms with Crippen LogP contribution in [-0.4, -0.2) is 22.3 Å². The number of aldehydes is 1. The third-order valence-electron chi connectivity index (χ3n) is 3.20. The molecule has 4 nitrogen and oxygen atoms in total. The summed E-state index contributed by atoms with van der Waals surface area (Å²) in [4.78, 5) is 22.6. The summed E-state index contributed by atoms with van der Waals surface area (Å²) in [6, 6.07) is 0. The highest BCUT2D eigenvalue weighted by Gasteiger charge is 2.21.